The molecule has 3 nitrogen and oxygen atoms in total. The molecule has 0 N–H and O–H groups in total. The Bertz CT molecular complexity index is 493. The number of hydrogen-bond acceptors (Lipinski definition) is 3. The summed E-state index contributed by atoms with van der Waals surface area (Å²) in [6.07, 6.45) is -3.47. The van der Waals surface area contributed by atoms with Crippen molar-refractivity contribution in [2.75, 3.05) is 13.2 Å². The largest absolute Gasteiger partial charge is 0.459 e. The van der Waals surface area contributed by atoms with Gasteiger partial charge in [-0.25, -0.2) is 9.18 Å². The molecule has 0 spiro atoms. The topological polar surface area (TPSA) is 35.5 Å². The first kappa shape index (κ1) is 14.8. The van der Waals surface area contributed by atoms with Gasteiger partial charge in [0.05, 0.1) is 17.2 Å². The quantitative estimate of drug-likeness (QED) is 0.634. The van der Waals surface area contributed by atoms with Crippen LogP contribution in [0.5, 0.6) is 0 Å². The fourth-order valence-corrected chi connectivity index (χ4v) is 1.90. The van der Waals surface area contributed by atoms with E-state index < -0.39 is 23.5 Å². The van der Waals surface area contributed by atoms with Crippen LogP contribution in [-0.2, 0) is 15.7 Å². The third kappa shape index (κ3) is 3.47. The summed E-state index contributed by atoms with van der Waals surface area (Å²) in [7, 11) is 0. The molecule has 1 aliphatic heterocycles. The average Bonchev–Trinajstić information content (AvgIpc) is 2.88. The van der Waals surface area contributed by atoms with E-state index in [0.717, 1.165) is 18.9 Å². The molecule has 1 fully saturated rings. The van der Waals surface area contributed by atoms with Gasteiger partial charge in [0.15, 0.2) is 0 Å². The van der Waals surface area contributed by atoms with Crippen molar-refractivity contribution in [1.82, 2.24) is 0 Å². The van der Waals surface area contributed by atoms with E-state index in [-0.39, 0.29) is 18.3 Å². The fraction of sp³-hybridized carbons (Fsp3) is 0.462. The van der Waals surface area contributed by atoms with Gasteiger partial charge in [-0.3, -0.25) is 0 Å². The van der Waals surface area contributed by atoms with E-state index in [1.165, 1.54) is 0 Å². The van der Waals surface area contributed by atoms with Gasteiger partial charge < -0.3 is 9.47 Å². The molecule has 1 heterocycles. The molecule has 20 heavy (non-hydrogen) atoms. The zero-order chi connectivity index (χ0) is 14.8. The summed E-state index contributed by atoms with van der Waals surface area (Å²) >= 11 is 0. The molecule has 0 aromatic heterocycles. The second-order valence-corrected chi connectivity index (χ2v) is 4.43. The van der Waals surface area contributed by atoms with Gasteiger partial charge in [-0.15, -0.1) is 0 Å². The zero-order valence-electron chi connectivity index (χ0n) is 10.4. The summed E-state index contributed by atoms with van der Waals surface area (Å²) in [5.74, 6) is -2.35. The van der Waals surface area contributed by atoms with Crippen molar-refractivity contribution in [2.45, 2.75) is 25.1 Å². The molecule has 0 amide bonds. The highest BCUT2D eigenvalue weighted by Gasteiger charge is 2.34. The van der Waals surface area contributed by atoms with Crippen LogP contribution >= 0.6 is 0 Å². The second-order valence-electron chi connectivity index (χ2n) is 4.43. The monoisotopic (exact) mass is 292 g/mol. The number of carbonyl (C=O) groups is 1. The molecule has 1 aromatic rings. The van der Waals surface area contributed by atoms with Crippen LogP contribution < -0.4 is 0 Å². The standard InChI is InChI=1S/C13H12F4O3/c14-11-4-3-8(6-10(11)13(15,16)17)12(18)20-7-9-2-1-5-19-9/h3-4,6,9H,1-2,5,7H2. The van der Waals surface area contributed by atoms with Crippen molar-refractivity contribution in [1.29, 1.82) is 0 Å². The minimum atomic E-state index is -4.85. The highest BCUT2D eigenvalue weighted by molar-refractivity contribution is 5.89. The van der Waals surface area contributed by atoms with E-state index in [1.54, 1.807) is 0 Å². The number of ether oxygens (including phenoxy) is 2. The second kappa shape index (κ2) is 5.78. The summed E-state index contributed by atoms with van der Waals surface area (Å²) < 4.78 is 60.7. The Morgan fingerprint density at radius 2 is 2.15 bits per heavy atom. The predicted molar refractivity (Wildman–Crippen MR) is 60.7 cm³/mol. The summed E-state index contributed by atoms with van der Waals surface area (Å²) in [6.45, 7) is 0.564. The van der Waals surface area contributed by atoms with E-state index in [0.29, 0.717) is 18.7 Å². The van der Waals surface area contributed by atoms with Gasteiger partial charge in [0.2, 0.25) is 0 Å². The van der Waals surface area contributed by atoms with Gasteiger partial charge in [-0.1, -0.05) is 0 Å². The number of carbonyl (C=O) groups excluding carboxylic acids is 1. The summed E-state index contributed by atoms with van der Waals surface area (Å²) in [5.41, 5.74) is -1.82. The molecule has 110 valence electrons. The van der Waals surface area contributed by atoms with E-state index in [2.05, 4.69) is 0 Å². The first-order chi connectivity index (χ1) is 9.38. The molecule has 1 saturated heterocycles. The van der Waals surface area contributed by atoms with Crippen molar-refractivity contribution in [3.05, 3.63) is 35.1 Å². The van der Waals surface area contributed by atoms with Crippen molar-refractivity contribution < 1.29 is 31.8 Å². The van der Waals surface area contributed by atoms with Crippen LogP contribution in [0.3, 0.4) is 0 Å². The number of benzene rings is 1. The van der Waals surface area contributed by atoms with E-state index >= 15 is 0 Å². The number of rotatable bonds is 3. The predicted octanol–water partition coefficient (Wildman–Crippen LogP) is 3.18. The third-order valence-electron chi connectivity index (χ3n) is 2.93. The summed E-state index contributed by atoms with van der Waals surface area (Å²) in [6, 6.07) is 2.01. The third-order valence-corrected chi connectivity index (χ3v) is 2.93. The lowest BCUT2D eigenvalue weighted by molar-refractivity contribution is -0.140. The van der Waals surface area contributed by atoms with Crippen LogP contribution in [0.1, 0.15) is 28.8 Å². The van der Waals surface area contributed by atoms with Crippen molar-refractivity contribution in [2.24, 2.45) is 0 Å². The fourth-order valence-electron chi connectivity index (χ4n) is 1.90. The Kier molecular flexibility index (Phi) is 4.27. The van der Waals surface area contributed by atoms with Crippen LogP contribution in [-0.4, -0.2) is 25.3 Å². The Morgan fingerprint density at radius 1 is 1.40 bits per heavy atom. The molecule has 1 atom stereocenters. The number of halogens is 4. The van der Waals surface area contributed by atoms with E-state index in [4.69, 9.17) is 9.47 Å². The van der Waals surface area contributed by atoms with Crippen LogP contribution in [0.4, 0.5) is 17.6 Å². The van der Waals surface area contributed by atoms with E-state index in [1.807, 2.05) is 0 Å². The first-order valence-electron chi connectivity index (χ1n) is 6.03. The summed E-state index contributed by atoms with van der Waals surface area (Å²) in [4.78, 5) is 11.6. The molecule has 2 rings (SSSR count). The molecule has 7 heteroatoms. The SMILES string of the molecule is O=C(OCC1CCCO1)c1ccc(F)c(C(F)(F)F)c1. The lowest BCUT2D eigenvalue weighted by atomic mass is 10.1. The maximum atomic E-state index is 13.1. The molecule has 1 unspecified atom stereocenters. The van der Waals surface area contributed by atoms with Crippen LogP contribution in [0.25, 0.3) is 0 Å². The Morgan fingerprint density at radius 3 is 2.75 bits per heavy atom. The van der Waals surface area contributed by atoms with Gasteiger partial charge in [-0.05, 0) is 31.0 Å². The maximum absolute atomic E-state index is 13.1. The van der Waals surface area contributed by atoms with Gasteiger partial charge in [-0.2, -0.15) is 13.2 Å². The van der Waals surface area contributed by atoms with Crippen molar-refractivity contribution in [3.63, 3.8) is 0 Å². The van der Waals surface area contributed by atoms with Gasteiger partial charge in [0.25, 0.3) is 0 Å². The Balaban J connectivity index is 2.06. The highest BCUT2D eigenvalue weighted by atomic mass is 19.4. The number of alkyl halides is 3. The van der Waals surface area contributed by atoms with Gasteiger partial charge >= 0.3 is 12.1 Å². The van der Waals surface area contributed by atoms with Crippen LogP contribution in [0, 0.1) is 5.82 Å². The lowest BCUT2D eigenvalue weighted by Crippen LogP contribution is -2.18. The molecule has 0 bridgehead atoms. The molecule has 1 aliphatic rings. The van der Waals surface area contributed by atoms with Crippen molar-refractivity contribution in [3.8, 4) is 0 Å². The van der Waals surface area contributed by atoms with Gasteiger partial charge in [0, 0.05) is 6.61 Å². The molecule has 0 radical (unpaired) electrons. The average molecular weight is 292 g/mol. The van der Waals surface area contributed by atoms with E-state index in [9.17, 15) is 22.4 Å². The molecule has 0 saturated carbocycles. The number of esters is 1. The van der Waals surface area contributed by atoms with Gasteiger partial charge in [0.1, 0.15) is 12.4 Å². The maximum Gasteiger partial charge on any atom is 0.419 e. The minimum Gasteiger partial charge on any atom is -0.459 e. The normalized spacial score (nSPS) is 19.1. The number of hydrogen-bond donors (Lipinski definition) is 0. The smallest absolute Gasteiger partial charge is 0.419 e. The first-order valence-corrected chi connectivity index (χ1v) is 6.03. The lowest BCUT2D eigenvalue weighted by Gasteiger charge is -2.12. The highest BCUT2D eigenvalue weighted by Crippen LogP contribution is 2.32. The molecular formula is C13H12F4O3. The molecule has 1 aromatic carbocycles. The Hall–Kier alpha value is -1.63. The molecular weight excluding hydrogens is 280 g/mol. The Labute approximate surface area is 112 Å². The van der Waals surface area contributed by atoms with Crippen LogP contribution in [0.15, 0.2) is 18.2 Å². The zero-order valence-corrected chi connectivity index (χ0v) is 10.4. The molecule has 0 aliphatic carbocycles. The van der Waals surface area contributed by atoms with Crippen molar-refractivity contribution >= 4 is 5.97 Å². The summed E-state index contributed by atoms with van der Waals surface area (Å²) in [5, 5.41) is 0. The minimum absolute atomic E-state index is 0.0163. The van der Waals surface area contributed by atoms with Crippen LogP contribution in [0.2, 0.25) is 0 Å².